The average Bonchev–Trinajstić information content (AvgIpc) is 2.47. The Kier molecular flexibility index (Phi) is 5.68. The third kappa shape index (κ3) is 4.20. The maximum atomic E-state index is 12.5. The molecule has 2 unspecified atom stereocenters. The zero-order valence-electron chi connectivity index (χ0n) is 12.7. The Labute approximate surface area is 118 Å². The highest BCUT2D eigenvalue weighted by Crippen LogP contribution is 2.25. The van der Waals surface area contributed by atoms with E-state index in [1.807, 2.05) is 11.9 Å². The number of hydrogen-bond acceptors (Lipinski definition) is 2. The van der Waals surface area contributed by atoms with Gasteiger partial charge in [-0.25, -0.2) is 0 Å². The zero-order chi connectivity index (χ0) is 13.7. The zero-order valence-corrected chi connectivity index (χ0v) is 12.7. The monoisotopic (exact) mass is 266 g/mol. The predicted octanol–water partition coefficient (Wildman–Crippen LogP) is 2.80. The molecule has 2 atom stereocenters. The van der Waals surface area contributed by atoms with Crippen LogP contribution in [0.3, 0.4) is 0 Å². The Bertz CT molecular complexity index is 286. The summed E-state index contributed by atoms with van der Waals surface area (Å²) in [4.78, 5) is 14.5. The van der Waals surface area contributed by atoms with E-state index in [0.717, 1.165) is 31.3 Å². The number of carbonyl (C=O) groups excluding carboxylic acids is 1. The van der Waals surface area contributed by atoms with Crippen molar-refractivity contribution < 1.29 is 4.79 Å². The van der Waals surface area contributed by atoms with Crippen LogP contribution in [0.1, 0.15) is 58.3 Å². The Morgan fingerprint density at radius 1 is 1.16 bits per heavy atom. The minimum Gasteiger partial charge on any atom is -0.344 e. The normalized spacial score (nSPS) is 29.2. The summed E-state index contributed by atoms with van der Waals surface area (Å²) < 4.78 is 0. The topological polar surface area (TPSA) is 32.3 Å². The van der Waals surface area contributed by atoms with Crippen molar-refractivity contribution >= 4 is 5.91 Å². The molecule has 2 rings (SSSR count). The highest BCUT2D eigenvalue weighted by molar-refractivity contribution is 5.81. The van der Waals surface area contributed by atoms with Crippen LogP contribution in [0.15, 0.2) is 0 Å². The summed E-state index contributed by atoms with van der Waals surface area (Å²) in [5, 5.41) is 3.41. The van der Waals surface area contributed by atoms with Crippen molar-refractivity contribution in [2.75, 3.05) is 20.1 Å². The highest BCUT2D eigenvalue weighted by atomic mass is 16.2. The molecule has 0 spiro atoms. The molecule has 1 saturated carbocycles. The van der Waals surface area contributed by atoms with Crippen molar-refractivity contribution in [2.45, 2.75) is 64.3 Å². The van der Waals surface area contributed by atoms with Crippen LogP contribution < -0.4 is 5.32 Å². The Hall–Kier alpha value is -0.570. The highest BCUT2D eigenvalue weighted by Gasteiger charge is 2.29. The van der Waals surface area contributed by atoms with Crippen LogP contribution in [-0.4, -0.2) is 37.0 Å². The first-order valence-electron chi connectivity index (χ1n) is 8.19. The molecule has 1 aliphatic carbocycles. The first-order valence-corrected chi connectivity index (χ1v) is 8.19. The minimum atomic E-state index is 0.0762. The summed E-state index contributed by atoms with van der Waals surface area (Å²) in [5.74, 6) is 1.80. The number of likely N-dealkylation sites (N-methyl/N-ethyl adjacent to an activating group) is 1. The van der Waals surface area contributed by atoms with Gasteiger partial charge in [0.2, 0.25) is 5.91 Å². The van der Waals surface area contributed by atoms with Crippen molar-refractivity contribution in [3.63, 3.8) is 0 Å². The number of rotatable bonds is 4. The van der Waals surface area contributed by atoms with Crippen molar-refractivity contribution in [1.29, 1.82) is 0 Å². The van der Waals surface area contributed by atoms with Gasteiger partial charge >= 0.3 is 0 Å². The number of carbonyl (C=O) groups is 1. The van der Waals surface area contributed by atoms with Crippen molar-refractivity contribution in [3.05, 3.63) is 0 Å². The fourth-order valence-corrected chi connectivity index (χ4v) is 3.67. The molecule has 110 valence electrons. The largest absolute Gasteiger partial charge is 0.344 e. The second kappa shape index (κ2) is 7.28. The Balaban J connectivity index is 1.80. The fourth-order valence-electron chi connectivity index (χ4n) is 3.67. The lowest BCUT2D eigenvalue weighted by atomic mass is 9.88. The van der Waals surface area contributed by atoms with E-state index in [9.17, 15) is 4.79 Å². The van der Waals surface area contributed by atoms with Gasteiger partial charge in [-0.2, -0.15) is 0 Å². The lowest BCUT2D eigenvalue weighted by Crippen LogP contribution is -2.50. The van der Waals surface area contributed by atoms with Crippen LogP contribution >= 0.6 is 0 Å². The van der Waals surface area contributed by atoms with E-state index in [1.165, 1.54) is 44.9 Å². The molecule has 0 aromatic carbocycles. The molecule has 2 aliphatic rings. The maximum Gasteiger partial charge on any atom is 0.239 e. The van der Waals surface area contributed by atoms with Crippen LogP contribution in [0.5, 0.6) is 0 Å². The van der Waals surface area contributed by atoms with Crippen LogP contribution in [0.25, 0.3) is 0 Å². The molecule has 19 heavy (non-hydrogen) atoms. The Morgan fingerprint density at radius 3 is 2.58 bits per heavy atom. The van der Waals surface area contributed by atoms with Gasteiger partial charge in [-0.3, -0.25) is 4.79 Å². The first kappa shape index (κ1) is 14.8. The van der Waals surface area contributed by atoms with Crippen molar-refractivity contribution in [2.24, 2.45) is 11.8 Å². The standard InChI is InChI=1S/C16H30N2O/c1-3-13-9-10-17-15(11-13)16(19)18(2)12-14-7-5-4-6-8-14/h13-15,17H,3-12H2,1-2H3. The van der Waals surface area contributed by atoms with Crippen molar-refractivity contribution in [3.8, 4) is 0 Å². The van der Waals surface area contributed by atoms with Gasteiger partial charge in [0, 0.05) is 13.6 Å². The molecule has 3 heteroatoms. The van der Waals surface area contributed by atoms with Gasteiger partial charge in [0.15, 0.2) is 0 Å². The van der Waals surface area contributed by atoms with Gasteiger partial charge in [-0.05, 0) is 44.1 Å². The SMILES string of the molecule is CCC1CCNC(C(=O)N(C)CC2CCCCC2)C1. The molecule has 1 heterocycles. The number of nitrogens with one attached hydrogen (secondary N) is 1. The van der Waals surface area contributed by atoms with E-state index < -0.39 is 0 Å². The second-order valence-electron chi connectivity index (χ2n) is 6.53. The molecule has 0 aromatic rings. The fraction of sp³-hybridized carbons (Fsp3) is 0.938. The summed E-state index contributed by atoms with van der Waals surface area (Å²) in [6.45, 7) is 4.21. The van der Waals surface area contributed by atoms with E-state index in [-0.39, 0.29) is 6.04 Å². The van der Waals surface area contributed by atoms with Crippen molar-refractivity contribution in [1.82, 2.24) is 10.2 Å². The quantitative estimate of drug-likeness (QED) is 0.848. The molecule has 3 nitrogen and oxygen atoms in total. The molecule has 2 fully saturated rings. The molecular weight excluding hydrogens is 236 g/mol. The second-order valence-corrected chi connectivity index (χ2v) is 6.53. The summed E-state index contributed by atoms with van der Waals surface area (Å²) in [5.41, 5.74) is 0. The van der Waals surface area contributed by atoms with Gasteiger partial charge in [0.1, 0.15) is 0 Å². The third-order valence-electron chi connectivity index (χ3n) is 5.02. The maximum absolute atomic E-state index is 12.5. The number of nitrogens with zero attached hydrogens (tertiary/aromatic N) is 1. The van der Waals surface area contributed by atoms with E-state index in [4.69, 9.17) is 0 Å². The molecule has 1 saturated heterocycles. The average molecular weight is 266 g/mol. The molecular formula is C16H30N2O. The van der Waals surface area contributed by atoms with Crippen LogP contribution in [0, 0.1) is 11.8 Å². The molecule has 1 amide bonds. The van der Waals surface area contributed by atoms with Gasteiger partial charge < -0.3 is 10.2 Å². The predicted molar refractivity (Wildman–Crippen MR) is 79.0 cm³/mol. The summed E-state index contributed by atoms with van der Waals surface area (Å²) in [6, 6.07) is 0.0762. The van der Waals surface area contributed by atoms with Crippen LogP contribution in [0.2, 0.25) is 0 Å². The number of hydrogen-bond donors (Lipinski definition) is 1. The molecule has 0 aromatic heterocycles. The lowest BCUT2D eigenvalue weighted by Gasteiger charge is -2.33. The summed E-state index contributed by atoms with van der Waals surface area (Å²) in [6.07, 6.45) is 10.2. The Morgan fingerprint density at radius 2 is 1.89 bits per heavy atom. The van der Waals surface area contributed by atoms with Crippen LogP contribution in [0.4, 0.5) is 0 Å². The molecule has 1 N–H and O–H groups in total. The number of piperidine rings is 1. The van der Waals surface area contributed by atoms with E-state index >= 15 is 0 Å². The number of amides is 1. The first-order chi connectivity index (χ1) is 9.20. The smallest absolute Gasteiger partial charge is 0.239 e. The summed E-state index contributed by atoms with van der Waals surface area (Å²) >= 11 is 0. The van der Waals surface area contributed by atoms with E-state index in [2.05, 4.69) is 12.2 Å². The summed E-state index contributed by atoms with van der Waals surface area (Å²) in [7, 11) is 1.99. The molecule has 1 aliphatic heterocycles. The van der Waals surface area contributed by atoms with Gasteiger partial charge in [-0.1, -0.05) is 32.6 Å². The molecule has 0 bridgehead atoms. The third-order valence-corrected chi connectivity index (χ3v) is 5.02. The minimum absolute atomic E-state index is 0.0762. The lowest BCUT2D eigenvalue weighted by molar-refractivity contribution is -0.133. The van der Waals surface area contributed by atoms with Gasteiger partial charge in [-0.15, -0.1) is 0 Å². The molecule has 0 radical (unpaired) electrons. The van der Waals surface area contributed by atoms with E-state index in [0.29, 0.717) is 5.91 Å². The van der Waals surface area contributed by atoms with Gasteiger partial charge in [0.25, 0.3) is 0 Å². The van der Waals surface area contributed by atoms with Gasteiger partial charge in [0.05, 0.1) is 6.04 Å². The van der Waals surface area contributed by atoms with E-state index in [1.54, 1.807) is 0 Å². The van der Waals surface area contributed by atoms with Crippen LogP contribution in [-0.2, 0) is 4.79 Å².